The second kappa shape index (κ2) is 8.86. The molecule has 146 valence electrons. The third kappa shape index (κ3) is 4.49. The highest BCUT2D eigenvalue weighted by atomic mass is 35.5. The van der Waals surface area contributed by atoms with Gasteiger partial charge in [-0.2, -0.15) is 0 Å². The molecule has 0 aliphatic rings. The summed E-state index contributed by atoms with van der Waals surface area (Å²) < 4.78 is 18.8. The van der Waals surface area contributed by atoms with Crippen molar-refractivity contribution in [2.75, 3.05) is 24.4 Å². The number of aliphatic hydroxyl groups is 1. The fraction of sp³-hybridized carbons (Fsp3) is 0.200. The third-order valence-electron chi connectivity index (χ3n) is 4.10. The average molecular weight is 404 g/mol. The Kier molecular flexibility index (Phi) is 6.28. The molecule has 1 aromatic heterocycles. The Hall–Kier alpha value is -2.90. The Morgan fingerprint density at radius 1 is 1.29 bits per heavy atom. The molecule has 8 heteroatoms. The summed E-state index contributed by atoms with van der Waals surface area (Å²) in [7, 11) is 1.52. The largest absolute Gasteiger partial charge is 0.495 e. The molecule has 0 radical (unpaired) electrons. The Balaban J connectivity index is 1.98. The fourth-order valence-corrected chi connectivity index (χ4v) is 2.91. The van der Waals surface area contributed by atoms with Gasteiger partial charge >= 0.3 is 0 Å². The second-order valence-corrected chi connectivity index (χ2v) is 6.47. The van der Waals surface area contributed by atoms with Crippen LogP contribution in [0.2, 0.25) is 5.02 Å². The first-order valence-corrected chi connectivity index (χ1v) is 8.99. The molecule has 0 atom stereocenters. The van der Waals surface area contributed by atoms with Crippen LogP contribution in [0.4, 0.5) is 21.6 Å². The molecule has 0 spiro atoms. The lowest BCUT2D eigenvalue weighted by molar-refractivity contribution is -0.116. The summed E-state index contributed by atoms with van der Waals surface area (Å²) in [6.45, 7) is -0.0551. The van der Waals surface area contributed by atoms with E-state index in [0.29, 0.717) is 29.4 Å². The first kappa shape index (κ1) is 19.9. The number of amides is 1. The number of pyridine rings is 1. The number of methoxy groups -OCH3 is 1. The number of aromatic nitrogens is 1. The summed E-state index contributed by atoms with van der Waals surface area (Å²) in [4.78, 5) is 16.4. The number of halogens is 2. The second-order valence-electron chi connectivity index (χ2n) is 6.06. The first-order chi connectivity index (χ1) is 13.5. The van der Waals surface area contributed by atoms with Crippen molar-refractivity contribution in [3.8, 4) is 5.75 Å². The predicted octanol–water partition coefficient (Wildman–Crippen LogP) is 4.49. The van der Waals surface area contributed by atoms with Gasteiger partial charge < -0.3 is 20.5 Å². The number of hydrogen-bond donors (Lipinski definition) is 3. The normalized spacial score (nSPS) is 10.7. The maximum atomic E-state index is 13.4. The lowest BCUT2D eigenvalue weighted by Crippen LogP contribution is -2.12. The number of nitrogens with zero attached hydrogens (tertiary/aromatic N) is 1. The van der Waals surface area contributed by atoms with Crippen LogP contribution >= 0.6 is 11.6 Å². The van der Waals surface area contributed by atoms with Crippen LogP contribution in [-0.2, 0) is 4.79 Å². The number of fused-ring (bicyclic) bond motifs is 1. The zero-order valence-electron chi connectivity index (χ0n) is 15.1. The van der Waals surface area contributed by atoms with Crippen molar-refractivity contribution < 1.29 is 19.0 Å². The lowest BCUT2D eigenvalue weighted by Gasteiger charge is -2.14. The van der Waals surface area contributed by atoms with Crippen molar-refractivity contribution in [2.24, 2.45) is 0 Å². The van der Waals surface area contributed by atoms with E-state index >= 15 is 0 Å². The molecule has 3 N–H and O–H groups in total. The van der Waals surface area contributed by atoms with Gasteiger partial charge in [0.05, 0.1) is 17.8 Å². The topological polar surface area (TPSA) is 83.5 Å². The Morgan fingerprint density at radius 3 is 2.82 bits per heavy atom. The SMILES string of the molecule is COc1cc2ccnc(Nc3ccc(F)c(Cl)c3)c2cc1NC(=O)CCCO. The maximum absolute atomic E-state index is 13.4. The maximum Gasteiger partial charge on any atom is 0.224 e. The molecule has 0 fully saturated rings. The van der Waals surface area contributed by atoms with Gasteiger partial charge in [0.25, 0.3) is 0 Å². The molecular weight excluding hydrogens is 385 g/mol. The van der Waals surface area contributed by atoms with Gasteiger partial charge in [0.15, 0.2) is 0 Å². The number of ether oxygens (including phenoxy) is 1. The Morgan fingerprint density at radius 2 is 2.11 bits per heavy atom. The van der Waals surface area contributed by atoms with Crippen molar-refractivity contribution in [2.45, 2.75) is 12.8 Å². The van der Waals surface area contributed by atoms with E-state index in [0.717, 1.165) is 10.8 Å². The highest BCUT2D eigenvalue weighted by molar-refractivity contribution is 6.31. The van der Waals surface area contributed by atoms with E-state index < -0.39 is 5.82 Å². The molecule has 0 aliphatic carbocycles. The van der Waals surface area contributed by atoms with Gasteiger partial charge in [-0.05, 0) is 48.2 Å². The summed E-state index contributed by atoms with van der Waals surface area (Å²) in [5.74, 6) is 0.298. The number of nitrogens with one attached hydrogen (secondary N) is 2. The molecule has 0 bridgehead atoms. The first-order valence-electron chi connectivity index (χ1n) is 8.61. The number of rotatable bonds is 7. The van der Waals surface area contributed by atoms with Gasteiger partial charge in [-0.1, -0.05) is 11.6 Å². The number of aliphatic hydroxyl groups excluding tert-OH is 1. The zero-order valence-corrected chi connectivity index (χ0v) is 15.9. The van der Waals surface area contributed by atoms with Crippen LogP contribution in [0, 0.1) is 5.82 Å². The molecule has 28 heavy (non-hydrogen) atoms. The molecular formula is C20H19ClFN3O3. The van der Waals surface area contributed by atoms with E-state index in [1.165, 1.54) is 19.2 Å². The summed E-state index contributed by atoms with van der Waals surface area (Å²) in [6, 6.07) is 9.66. The van der Waals surface area contributed by atoms with Crippen LogP contribution in [0.5, 0.6) is 5.75 Å². The van der Waals surface area contributed by atoms with Gasteiger partial charge in [0.1, 0.15) is 17.4 Å². The number of benzene rings is 2. The highest BCUT2D eigenvalue weighted by Gasteiger charge is 2.12. The minimum Gasteiger partial charge on any atom is -0.495 e. The minimum absolute atomic E-state index is 0.00346. The Labute approximate surface area is 166 Å². The molecule has 0 saturated carbocycles. The summed E-state index contributed by atoms with van der Waals surface area (Å²) >= 11 is 5.84. The minimum atomic E-state index is -0.504. The van der Waals surface area contributed by atoms with Crippen molar-refractivity contribution in [3.63, 3.8) is 0 Å². The summed E-state index contributed by atoms with van der Waals surface area (Å²) in [6.07, 6.45) is 2.21. The monoisotopic (exact) mass is 403 g/mol. The van der Waals surface area contributed by atoms with Gasteiger partial charge in [0.2, 0.25) is 5.91 Å². The van der Waals surface area contributed by atoms with Gasteiger partial charge in [0, 0.05) is 30.3 Å². The number of carbonyl (C=O) groups excluding carboxylic acids is 1. The molecule has 1 heterocycles. The van der Waals surface area contributed by atoms with Crippen LogP contribution in [0.25, 0.3) is 10.8 Å². The van der Waals surface area contributed by atoms with Crippen LogP contribution in [0.15, 0.2) is 42.6 Å². The predicted molar refractivity (Wildman–Crippen MR) is 108 cm³/mol. The third-order valence-corrected chi connectivity index (χ3v) is 4.39. The Bertz CT molecular complexity index is 1010. The smallest absolute Gasteiger partial charge is 0.224 e. The summed E-state index contributed by atoms with van der Waals surface area (Å²) in [5, 5.41) is 16.4. The molecule has 6 nitrogen and oxygen atoms in total. The molecule has 2 aromatic carbocycles. The van der Waals surface area contributed by atoms with E-state index in [-0.39, 0.29) is 24.0 Å². The van der Waals surface area contributed by atoms with E-state index in [2.05, 4.69) is 15.6 Å². The van der Waals surface area contributed by atoms with E-state index in [9.17, 15) is 9.18 Å². The molecule has 1 amide bonds. The quantitative estimate of drug-likeness (QED) is 0.541. The number of anilines is 3. The van der Waals surface area contributed by atoms with Crippen LogP contribution in [0.1, 0.15) is 12.8 Å². The number of carbonyl (C=O) groups is 1. The van der Waals surface area contributed by atoms with Crippen LogP contribution < -0.4 is 15.4 Å². The van der Waals surface area contributed by atoms with Crippen molar-refractivity contribution >= 4 is 45.5 Å². The molecule has 0 aliphatic heterocycles. The lowest BCUT2D eigenvalue weighted by atomic mass is 10.1. The van der Waals surface area contributed by atoms with Gasteiger partial charge in [-0.25, -0.2) is 9.37 Å². The summed E-state index contributed by atoms with van der Waals surface area (Å²) in [5.41, 5.74) is 1.07. The van der Waals surface area contributed by atoms with Gasteiger partial charge in [-0.15, -0.1) is 0 Å². The van der Waals surface area contributed by atoms with Crippen LogP contribution in [0.3, 0.4) is 0 Å². The van der Waals surface area contributed by atoms with Crippen molar-refractivity contribution in [3.05, 3.63) is 53.4 Å². The van der Waals surface area contributed by atoms with E-state index in [4.69, 9.17) is 21.4 Å². The molecule has 3 aromatic rings. The van der Waals surface area contributed by atoms with Crippen LogP contribution in [-0.4, -0.2) is 29.7 Å². The van der Waals surface area contributed by atoms with Gasteiger partial charge in [-0.3, -0.25) is 4.79 Å². The average Bonchev–Trinajstić information content (AvgIpc) is 2.69. The highest BCUT2D eigenvalue weighted by Crippen LogP contribution is 2.34. The van der Waals surface area contributed by atoms with Crippen molar-refractivity contribution in [1.29, 1.82) is 0 Å². The standard InChI is InChI=1S/C20H19ClFN3O3/c1-28-18-9-12-6-7-23-20(24-13-4-5-16(22)15(21)10-13)14(12)11-17(18)25-19(27)3-2-8-26/h4-7,9-11,26H,2-3,8H2,1H3,(H,23,24)(H,25,27). The fourth-order valence-electron chi connectivity index (χ4n) is 2.73. The van der Waals surface area contributed by atoms with Crippen molar-refractivity contribution in [1.82, 2.24) is 4.98 Å². The van der Waals surface area contributed by atoms with E-state index in [1.54, 1.807) is 24.4 Å². The molecule has 0 saturated heterocycles. The number of hydrogen-bond acceptors (Lipinski definition) is 5. The van der Waals surface area contributed by atoms with E-state index in [1.807, 2.05) is 6.07 Å². The molecule has 3 rings (SSSR count). The molecule has 0 unspecified atom stereocenters. The zero-order chi connectivity index (χ0) is 20.1.